The van der Waals surface area contributed by atoms with E-state index in [-0.39, 0.29) is 18.2 Å². The second-order valence-corrected chi connectivity index (χ2v) is 6.47. The van der Waals surface area contributed by atoms with Crippen molar-refractivity contribution in [3.63, 3.8) is 0 Å². The summed E-state index contributed by atoms with van der Waals surface area (Å²) in [6, 6.07) is 7.27. The Morgan fingerprint density at radius 3 is 2.81 bits per heavy atom. The summed E-state index contributed by atoms with van der Waals surface area (Å²) >= 11 is 3.38. The summed E-state index contributed by atoms with van der Waals surface area (Å²) in [5.74, 6) is -0.889. The number of aliphatic carboxylic acids is 1. The fourth-order valence-electron chi connectivity index (χ4n) is 2.60. The number of amides is 1. The van der Waals surface area contributed by atoms with E-state index in [9.17, 15) is 14.7 Å². The molecule has 1 atom stereocenters. The molecule has 110 valence electrons. The monoisotopic (exact) mass is 351 g/mol. The zero-order chi connectivity index (χ0) is 15.2. The molecule has 1 aliphatic rings. The van der Waals surface area contributed by atoms with Crippen molar-refractivity contribution in [3.8, 4) is 0 Å². The van der Waals surface area contributed by atoms with Gasteiger partial charge in [0.05, 0.1) is 9.89 Å². The molecule has 0 spiro atoms. The minimum Gasteiger partial charge on any atom is -0.481 e. The average Bonchev–Trinajstić information content (AvgIpc) is 3.03. The van der Waals surface area contributed by atoms with Gasteiger partial charge in [0, 0.05) is 18.5 Å². The molecule has 1 N–H and O–H groups in total. The lowest BCUT2D eigenvalue weighted by Crippen LogP contribution is -2.34. The Labute approximate surface area is 129 Å². The van der Waals surface area contributed by atoms with Gasteiger partial charge in [0.25, 0.3) is 5.91 Å². The zero-order valence-corrected chi connectivity index (χ0v) is 13.0. The molecule has 3 rings (SSSR count). The maximum absolute atomic E-state index is 12.5. The van der Waals surface area contributed by atoms with Crippen molar-refractivity contribution in [2.45, 2.75) is 13.3 Å². The van der Waals surface area contributed by atoms with Crippen LogP contribution in [0, 0.1) is 5.41 Å². The molecular weight excluding hydrogens is 338 g/mol. The molecule has 21 heavy (non-hydrogen) atoms. The lowest BCUT2D eigenvalue weighted by atomic mass is 9.90. The van der Waals surface area contributed by atoms with Gasteiger partial charge < -0.3 is 14.4 Å². The summed E-state index contributed by atoms with van der Waals surface area (Å²) in [5, 5.41) is 10.1. The fourth-order valence-corrected chi connectivity index (χ4v) is 3.06. The molecule has 6 heteroatoms. The third-order valence-corrected chi connectivity index (χ3v) is 4.61. The van der Waals surface area contributed by atoms with Crippen molar-refractivity contribution in [2.75, 3.05) is 13.1 Å². The standard InChI is InChI=1S/C15H14BrNO4/c1-15(14(19)20)5-6-17(8-15)13(18)11-7-9-3-2-4-10(16)12(9)21-11/h2-4,7H,5-6,8H2,1H3,(H,19,20)/t15-/m1/s1. The Kier molecular flexibility index (Phi) is 3.28. The fraction of sp³-hybridized carbons (Fsp3) is 0.333. The quantitative estimate of drug-likeness (QED) is 0.902. The molecule has 0 aliphatic carbocycles. The lowest BCUT2D eigenvalue weighted by Gasteiger charge is -2.19. The van der Waals surface area contributed by atoms with Crippen LogP contribution in [-0.4, -0.2) is 35.0 Å². The van der Waals surface area contributed by atoms with Crippen LogP contribution in [0.15, 0.2) is 33.2 Å². The van der Waals surface area contributed by atoms with Crippen LogP contribution in [0.3, 0.4) is 0 Å². The van der Waals surface area contributed by atoms with Crippen LogP contribution in [0.5, 0.6) is 0 Å². The largest absolute Gasteiger partial charge is 0.481 e. The van der Waals surface area contributed by atoms with Gasteiger partial charge in [0.2, 0.25) is 0 Å². The number of benzene rings is 1. The molecule has 2 heterocycles. The van der Waals surface area contributed by atoms with Crippen molar-refractivity contribution in [1.29, 1.82) is 0 Å². The number of rotatable bonds is 2. The number of halogens is 1. The molecule has 0 unspecified atom stereocenters. The van der Waals surface area contributed by atoms with Gasteiger partial charge >= 0.3 is 5.97 Å². The van der Waals surface area contributed by atoms with Gasteiger partial charge in [-0.1, -0.05) is 12.1 Å². The van der Waals surface area contributed by atoms with Crippen LogP contribution < -0.4 is 0 Å². The summed E-state index contributed by atoms with van der Waals surface area (Å²) < 4.78 is 6.40. The summed E-state index contributed by atoms with van der Waals surface area (Å²) in [7, 11) is 0. The van der Waals surface area contributed by atoms with Gasteiger partial charge in [-0.25, -0.2) is 0 Å². The Balaban J connectivity index is 1.88. The van der Waals surface area contributed by atoms with Gasteiger partial charge in [-0.2, -0.15) is 0 Å². The number of carboxylic acid groups (broad SMARTS) is 1. The van der Waals surface area contributed by atoms with E-state index in [1.807, 2.05) is 18.2 Å². The van der Waals surface area contributed by atoms with Crippen LogP contribution >= 0.6 is 15.9 Å². The molecule has 2 aromatic rings. The number of hydrogen-bond acceptors (Lipinski definition) is 3. The van der Waals surface area contributed by atoms with E-state index in [0.29, 0.717) is 18.5 Å². The first kappa shape index (κ1) is 14.1. The molecular formula is C15H14BrNO4. The molecule has 1 amide bonds. The van der Waals surface area contributed by atoms with E-state index in [2.05, 4.69) is 15.9 Å². The molecule has 0 bridgehead atoms. The van der Waals surface area contributed by atoms with Gasteiger partial charge in [-0.15, -0.1) is 0 Å². The van der Waals surface area contributed by atoms with E-state index < -0.39 is 11.4 Å². The predicted molar refractivity (Wildman–Crippen MR) is 80.2 cm³/mol. The SMILES string of the molecule is C[C@@]1(C(=O)O)CCN(C(=O)c2cc3cccc(Br)c3o2)C1. The molecule has 5 nitrogen and oxygen atoms in total. The Morgan fingerprint density at radius 1 is 1.43 bits per heavy atom. The average molecular weight is 352 g/mol. The highest BCUT2D eigenvalue weighted by molar-refractivity contribution is 9.10. The number of nitrogens with zero attached hydrogens (tertiary/aromatic N) is 1. The third-order valence-electron chi connectivity index (χ3n) is 3.98. The summed E-state index contributed by atoms with van der Waals surface area (Å²) in [6.07, 6.45) is 0.456. The van der Waals surface area contributed by atoms with Gasteiger partial charge in [0.15, 0.2) is 5.76 Å². The first-order valence-electron chi connectivity index (χ1n) is 6.61. The van der Waals surface area contributed by atoms with Gasteiger partial charge in [-0.05, 0) is 41.4 Å². The lowest BCUT2D eigenvalue weighted by molar-refractivity contribution is -0.147. The van der Waals surface area contributed by atoms with Crippen molar-refractivity contribution in [1.82, 2.24) is 4.90 Å². The zero-order valence-electron chi connectivity index (χ0n) is 11.4. The second-order valence-electron chi connectivity index (χ2n) is 5.61. The van der Waals surface area contributed by atoms with Crippen molar-refractivity contribution >= 4 is 38.8 Å². The number of carbonyl (C=O) groups is 2. The predicted octanol–water partition coefficient (Wildman–Crippen LogP) is 3.13. The van der Waals surface area contributed by atoms with Crippen LogP contribution in [0.1, 0.15) is 23.9 Å². The Bertz CT molecular complexity index is 738. The van der Waals surface area contributed by atoms with Crippen LogP contribution in [0.2, 0.25) is 0 Å². The number of carboxylic acids is 1. The molecule has 1 aromatic heterocycles. The number of likely N-dealkylation sites (tertiary alicyclic amines) is 1. The smallest absolute Gasteiger partial charge is 0.311 e. The van der Waals surface area contributed by atoms with Crippen LogP contribution in [0.4, 0.5) is 0 Å². The summed E-state index contributed by atoms with van der Waals surface area (Å²) in [5.41, 5.74) is -0.247. The van der Waals surface area contributed by atoms with E-state index in [0.717, 1.165) is 9.86 Å². The number of para-hydroxylation sites is 1. The highest BCUT2D eigenvalue weighted by atomic mass is 79.9. The molecule has 1 fully saturated rings. The topological polar surface area (TPSA) is 70.8 Å². The first-order chi connectivity index (χ1) is 9.90. The normalized spacial score (nSPS) is 21.9. The van der Waals surface area contributed by atoms with Crippen molar-refractivity contribution < 1.29 is 19.1 Å². The Hall–Kier alpha value is -1.82. The van der Waals surface area contributed by atoms with Crippen LogP contribution in [0.25, 0.3) is 11.0 Å². The van der Waals surface area contributed by atoms with Crippen LogP contribution in [-0.2, 0) is 4.79 Å². The van der Waals surface area contributed by atoms with Crippen molar-refractivity contribution in [3.05, 3.63) is 34.5 Å². The Morgan fingerprint density at radius 2 is 2.19 bits per heavy atom. The van der Waals surface area contributed by atoms with Gasteiger partial charge in [0.1, 0.15) is 5.58 Å². The first-order valence-corrected chi connectivity index (χ1v) is 7.41. The van der Waals surface area contributed by atoms with E-state index in [4.69, 9.17) is 4.42 Å². The minimum atomic E-state index is -0.873. The molecule has 1 aromatic carbocycles. The number of carbonyl (C=O) groups excluding carboxylic acids is 1. The third kappa shape index (κ3) is 2.33. The maximum Gasteiger partial charge on any atom is 0.311 e. The van der Waals surface area contributed by atoms with E-state index in [1.54, 1.807) is 17.9 Å². The number of hydrogen-bond donors (Lipinski definition) is 1. The molecule has 0 radical (unpaired) electrons. The highest BCUT2D eigenvalue weighted by Gasteiger charge is 2.42. The maximum atomic E-state index is 12.5. The molecule has 1 saturated heterocycles. The summed E-state index contributed by atoms with van der Waals surface area (Å²) in [6.45, 7) is 2.30. The second kappa shape index (κ2) is 4.87. The van der Waals surface area contributed by atoms with E-state index in [1.165, 1.54) is 0 Å². The molecule has 0 saturated carbocycles. The van der Waals surface area contributed by atoms with Gasteiger partial charge in [-0.3, -0.25) is 9.59 Å². The van der Waals surface area contributed by atoms with Crippen molar-refractivity contribution in [2.24, 2.45) is 5.41 Å². The number of fused-ring (bicyclic) bond motifs is 1. The minimum absolute atomic E-state index is 0.208. The molecule has 1 aliphatic heterocycles. The number of furan rings is 1. The summed E-state index contributed by atoms with van der Waals surface area (Å²) in [4.78, 5) is 25.2. The highest BCUT2D eigenvalue weighted by Crippen LogP contribution is 2.32. The van der Waals surface area contributed by atoms with E-state index >= 15 is 0 Å².